The van der Waals surface area contributed by atoms with Crippen molar-refractivity contribution >= 4 is 28.6 Å². The molecule has 1 aliphatic carbocycles. The first-order valence-corrected chi connectivity index (χ1v) is 9.69. The maximum atomic E-state index is 12.3. The van der Waals surface area contributed by atoms with Crippen molar-refractivity contribution in [2.24, 2.45) is 11.8 Å². The quantitative estimate of drug-likeness (QED) is 0.518. The van der Waals surface area contributed by atoms with Crippen LogP contribution in [-0.2, 0) is 9.53 Å². The number of aliphatic hydroxyl groups excluding tert-OH is 1. The Kier molecular flexibility index (Phi) is 7.34. The summed E-state index contributed by atoms with van der Waals surface area (Å²) in [5, 5.41) is 10.7. The van der Waals surface area contributed by atoms with E-state index < -0.39 is 12.2 Å². The van der Waals surface area contributed by atoms with E-state index in [-0.39, 0.29) is 11.9 Å². The molecule has 0 heterocycles. The number of esters is 1. The van der Waals surface area contributed by atoms with Crippen molar-refractivity contribution in [3.63, 3.8) is 0 Å². The molecule has 0 aromatic heterocycles. The highest BCUT2D eigenvalue weighted by atomic mass is 127. The number of carbonyl (C=O) groups excluding carboxylic acids is 1. The number of hydrogen-bond donors (Lipinski definition) is 1. The van der Waals surface area contributed by atoms with Crippen molar-refractivity contribution in [2.75, 3.05) is 0 Å². The van der Waals surface area contributed by atoms with Crippen LogP contribution in [0.1, 0.15) is 64.0 Å². The van der Waals surface area contributed by atoms with Crippen molar-refractivity contribution in [1.29, 1.82) is 0 Å². The number of benzene rings is 1. The zero-order chi connectivity index (χ0) is 16.8. The summed E-state index contributed by atoms with van der Waals surface area (Å²) in [7, 11) is 0. The van der Waals surface area contributed by atoms with Gasteiger partial charge in [-0.2, -0.15) is 0 Å². The molecule has 1 N–H and O–H groups in total. The molecule has 0 amide bonds. The Morgan fingerprint density at radius 2 is 1.91 bits per heavy atom. The summed E-state index contributed by atoms with van der Waals surface area (Å²) in [6.45, 7) is 3.97. The highest BCUT2D eigenvalue weighted by molar-refractivity contribution is 14.1. The zero-order valence-electron chi connectivity index (χ0n) is 14.0. The summed E-state index contributed by atoms with van der Waals surface area (Å²) < 4.78 is 6.69. The van der Waals surface area contributed by atoms with Gasteiger partial charge in [-0.1, -0.05) is 51.3 Å². The summed E-state index contributed by atoms with van der Waals surface area (Å²) in [4.78, 5) is 12.3. The Morgan fingerprint density at radius 3 is 2.52 bits per heavy atom. The van der Waals surface area contributed by atoms with Crippen molar-refractivity contribution in [1.82, 2.24) is 0 Å². The molecule has 1 aliphatic rings. The van der Waals surface area contributed by atoms with Gasteiger partial charge in [-0.25, -0.2) is 0 Å². The first-order valence-electron chi connectivity index (χ1n) is 8.61. The predicted octanol–water partition coefficient (Wildman–Crippen LogP) is 4.86. The van der Waals surface area contributed by atoms with Crippen LogP contribution in [0.5, 0.6) is 0 Å². The Balaban J connectivity index is 2.00. The third kappa shape index (κ3) is 5.45. The fraction of sp³-hybridized carbons (Fsp3) is 0.632. The van der Waals surface area contributed by atoms with Gasteiger partial charge in [0.25, 0.3) is 0 Å². The predicted molar refractivity (Wildman–Crippen MR) is 100 cm³/mol. The molecule has 1 saturated carbocycles. The fourth-order valence-electron chi connectivity index (χ4n) is 3.28. The summed E-state index contributed by atoms with van der Waals surface area (Å²) in [5.41, 5.74) is 0.831. The maximum absolute atomic E-state index is 12.3. The lowest BCUT2D eigenvalue weighted by molar-refractivity contribution is -0.160. The molecule has 128 valence electrons. The van der Waals surface area contributed by atoms with E-state index >= 15 is 0 Å². The van der Waals surface area contributed by atoms with Crippen molar-refractivity contribution < 1.29 is 14.6 Å². The van der Waals surface area contributed by atoms with E-state index in [0.717, 1.165) is 22.0 Å². The molecule has 1 fully saturated rings. The van der Waals surface area contributed by atoms with Gasteiger partial charge >= 0.3 is 5.97 Å². The first-order chi connectivity index (χ1) is 11.0. The van der Waals surface area contributed by atoms with Gasteiger partial charge in [-0.15, -0.1) is 0 Å². The third-order valence-electron chi connectivity index (χ3n) is 4.64. The molecule has 4 heteroatoms. The number of ether oxygens (including phenoxy) is 1. The lowest BCUT2D eigenvalue weighted by atomic mass is 9.87. The van der Waals surface area contributed by atoms with Crippen LogP contribution in [0.25, 0.3) is 0 Å². The molecular formula is C19H27IO3. The molecule has 0 saturated heterocycles. The van der Waals surface area contributed by atoms with E-state index in [1.807, 2.05) is 38.1 Å². The minimum Gasteiger partial charge on any atom is -0.459 e. The Hall–Kier alpha value is -0.620. The normalized spacial score (nSPS) is 18.7. The van der Waals surface area contributed by atoms with Crippen LogP contribution >= 0.6 is 22.6 Å². The second kappa shape index (κ2) is 9.02. The fourth-order valence-corrected chi connectivity index (χ4v) is 3.99. The summed E-state index contributed by atoms with van der Waals surface area (Å²) in [6.07, 6.45) is 5.18. The number of carbonyl (C=O) groups is 1. The molecular weight excluding hydrogens is 403 g/mol. The largest absolute Gasteiger partial charge is 0.459 e. The Morgan fingerprint density at radius 1 is 1.26 bits per heavy atom. The minimum absolute atomic E-state index is 0.0660. The molecule has 0 radical (unpaired) electrons. The van der Waals surface area contributed by atoms with Gasteiger partial charge in [0.05, 0.1) is 0 Å². The van der Waals surface area contributed by atoms with E-state index in [1.54, 1.807) is 0 Å². The van der Waals surface area contributed by atoms with Crippen LogP contribution in [-0.4, -0.2) is 17.2 Å². The van der Waals surface area contributed by atoms with Crippen LogP contribution in [0.2, 0.25) is 0 Å². The number of hydrogen-bond acceptors (Lipinski definition) is 3. The monoisotopic (exact) mass is 430 g/mol. The van der Waals surface area contributed by atoms with Gasteiger partial charge < -0.3 is 9.84 Å². The number of aliphatic hydroxyl groups is 1. The molecule has 3 nitrogen and oxygen atoms in total. The van der Waals surface area contributed by atoms with E-state index in [1.165, 1.54) is 19.3 Å². The Labute approximate surface area is 153 Å². The van der Waals surface area contributed by atoms with E-state index in [9.17, 15) is 9.90 Å². The van der Waals surface area contributed by atoms with Crippen molar-refractivity contribution in [3.05, 3.63) is 33.4 Å². The average Bonchev–Trinajstić information content (AvgIpc) is 2.53. The lowest BCUT2D eigenvalue weighted by Crippen LogP contribution is -2.31. The highest BCUT2D eigenvalue weighted by Crippen LogP contribution is 2.30. The van der Waals surface area contributed by atoms with Gasteiger partial charge in [-0.3, -0.25) is 4.79 Å². The van der Waals surface area contributed by atoms with Crippen LogP contribution < -0.4 is 0 Å². The van der Waals surface area contributed by atoms with Crippen LogP contribution in [0.4, 0.5) is 0 Å². The standard InChI is InChI=1S/C19H27IO3/c1-13(2)19(18(22)15-10-6-7-11-16(15)20)23-17(21)12-14-8-4-3-5-9-14/h6-7,10-11,13-14,18-19,22H,3-5,8-9,12H2,1-2H3/t18-,19-/m0/s1. The molecule has 0 bridgehead atoms. The first kappa shape index (κ1) is 18.7. The van der Waals surface area contributed by atoms with Gasteiger partial charge in [0.15, 0.2) is 0 Å². The second-order valence-corrected chi connectivity index (χ2v) is 8.04. The van der Waals surface area contributed by atoms with Crippen molar-refractivity contribution in [3.8, 4) is 0 Å². The summed E-state index contributed by atoms with van der Waals surface area (Å²) >= 11 is 2.21. The SMILES string of the molecule is CC(C)[C@H](OC(=O)CC1CCCCC1)[C@@H](O)c1ccccc1I. The van der Waals surface area contributed by atoms with E-state index in [4.69, 9.17) is 4.74 Å². The van der Waals surface area contributed by atoms with E-state index in [0.29, 0.717) is 12.3 Å². The Bertz CT molecular complexity index is 509. The van der Waals surface area contributed by atoms with Crippen LogP contribution in [0.15, 0.2) is 24.3 Å². The van der Waals surface area contributed by atoms with Crippen LogP contribution in [0.3, 0.4) is 0 Å². The second-order valence-electron chi connectivity index (χ2n) is 6.87. The molecule has 0 aliphatic heterocycles. The van der Waals surface area contributed by atoms with Crippen LogP contribution in [0, 0.1) is 15.4 Å². The van der Waals surface area contributed by atoms with E-state index in [2.05, 4.69) is 22.6 Å². The number of halogens is 1. The smallest absolute Gasteiger partial charge is 0.306 e. The topological polar surface area (TPSA) is 46.5 Å². The summed E-state index contributed by atoms with van der Waals surface area (Å²) in [6, 6.07) is 7.70. The molecule has 1 aromatic rings. The molecule has 0 unspecified atom stereocenters. The van der Waals surface area contributed by atoms with Gasteiger partial charge in [0, 0.05) is 9.99 Å². The van der Waals surface area contributed by atoms with Crippen molar-refractivity contribution in [2.45, 2.75) is 64.6 Å². The average molecular weight is 430 g/mol. The van der Waals surface area contributed by atoms with Gasteiger partial charge in [0.2, 0.25) is 0 Å². The summed E-state index contributed by atoms with van der Waals surface area (Å²) in [5.74, 6) is 0.356. The maximum Gasteiger partial charge on any atom is 0.306 e. The molecule has 2 atom stereocenters. The zero-order valence-corrected chi connectivity index (χ0v) is 16.2. The third-order valence-corrected chi connectivity index (χ3v) is 5.62. The molecule has 2 rings (SSSR count). The molecule has 0 spiro atoms. The van der Waals surface area contributed by atoms with Gasteiger partial charge in [-0.05, 0) is 58.9 Å². The highest BCUT2D eigenvalue weighted by Gasteiger charge is 2.30. The number of rotatable bonds is 6. The van der Waals surface area contributed by atoms with Gasteiger partial charge in [0.1, 0.15) is 12.2 Å². The molecule has 1 aromatic carbocycles. The lowest BCUT2D eigenvalue weighted by Gasteiger charge is -2.28. The molecule has 23 heavy (non-hydrogen) atoms. The minimum atomic E-state index is -0.779.